The SMILES string of the molecule is COCCN1CCC(NC(=O)Nc2ccc(Cl)cc2)C(c2ccc(OC)cc2)C1. The van der Waals surface area contributed by atoms with Crippen LogP contribution in [0.25, 0.3) is 0 Å². The number of carbonyl (C=O) groups excluding carboxylic acids is 1. The first-order valence-corrected chi connectivity index (χ1v) is 10.1. The first kappa shape index (κ1) is 21.4. The molecule has 0 aromatic heterocycles. The van der Waals surface area contributed by atoms with Crippen molar-refractivity contribution in [2.45, 2.75) is 18.4 Å². The van der Waals surface area contributed by atoms with Crippen molar-refractivity contribution in [1.29, 1.82) is 0 Å². The summed E-state index contributed by atoms with van der Waals surface area (Å²) < 4.78 is 10.5. The molecular weight excluding hydrogens is 390 g/mol. The molecule has 1 fully saturated rings. The van der Waals surface area contributed by atoms with Gasteiger partial charge < -0.3 is 25.0 Å². The highest BCUT2D eigenvalue weighted by atomic mass is 35.5. The van der Waals surface area contributed by atoms with Crippen molar-refractivity contribution in [2.75, 3.05) is 45.8 Å². The van der Waals surface area contributed by atoms with Crippen LogP contribution < -0.4 is 15.4 Å². The summed E-state index contributed by atoms with van der Waals surface area (Å²) in [6, 6.07) is 15.0. The largest absolute Gasteiger partial charge is 0.497 e. The lowest BCUT2D eigenvalue weighted by Crippen LogP contribution is -2.51. The van der Waals surface area contributed by atoms with Crippen LogP contribution in [0.2, 0.25) is 5.02 Å². The van der Waals surface area contributed by atoms with Gasteiger partial charge >= 0.3 is 6.03 Å². The molecule has 2 aromatic rings. The Morgan fingerprint density at radius 3 is 2.52 bits per heavy atom. The van der Waals surface area contributed by atoms with Crippen LogP contribution in [0.15, 0.2) is 48.5 Å². The number of carbonyl (C=O) groups is 1. The zero-order chi connectivity index (χ0) is 20.6. The molecule has 6 nitrogen and oxygen atoms in total. The number of hydrogen-bond donors (Lipinski definition) is 2. The number of amides is 2. The number of nitrogens with one attached hydrogen (secondary N) is 2. The Balaban J connectivity index is 1.69. The number of benzene rings is 2. The van der Waals surface area contributed by atoms with Gasteiger partial charge in [-0.3, -0.25) is 0 Å². The molecule has 156 valence electrons. The minimum absolute atomic E-state index is 0.0366. The molecule has 0 spiro atoms. The van der Waals surface area contributed by atoms with Crippen molar-refractivity contribution < 1.29 is 14.3 Å². The maximum atomic E-state index is 12.6. The fraction of sp³-hybridized carbons (Fsp3) is 0.409. The number of piperidine rings is 1. The van der Waals surface area contributed by atoms with Gasteiger partial charge in [-0.25, -0.2) is 4.79 Å². The molecular formula is C22H28ClN3O3. The van der Waals surface area contributed by atoms with Gasteiger partial charge in [0.05, 0.1) is 13.7 Å². The highest BCUT2D eigenvalue weighted by Gasteiger charge is 2.31. The Bertz CT molecular complexity index is 783. The molecule has 1 heterocycles. The van der Waals surface area contributed by atoms with E-state index in [1.165, 1.54) is 5.56 Å². The van der Waals surface area contributed by atoms with E-state index < -0.39 is 0 Å². The molecule has 2 atom stereocenters. The first-order valence-electron chi connectivity index (χ1n) is 9.77. The molecule has 29 heavy (non-hydrogen) atoms. The number of anilines is 1. The predicted octanol–water partition coefficient (Wildman–Crippen LogP) is 3.97. The second-order valence-corrected chi connectivity index (χ2v) is 7.61. The van der Waals surface area contributed by atoms with Crippen molar-refractivity contribution in [3.8, 4) is 5.75 Å². The summed E-state index contributed by atoms with van der Waals surface area (Å²) in [5, 5.41) is 6.69. The van der Waals surface area contributed by atoms with Gasteiger partial charge in [0.2, 0.25) is 0 Å². The smallest absolute Gasteiger partial charge is 0.319 e. The number of ether oxygens (including phenoxy) is 2. The molecule has 0 aliphatic carbocycles. The Kier molecular flexibility index (Phi) is 7.75. The number of halogens is 1. The standard InChI is InChI=1S/C22H28ClN3O3/c1-28-14-13-26-12-11-21(20(15-26)16-3-9-19(29-2)10-4-16)25-22(27)24-18-7-5-17(23)6-8-18/h3-10,20-21H,11-15H2,1-2H3,(H2,24,25,27). The van der Waals surface area contributed by atoms with E-state index in [9.17, 15) is 4.79 Å². The number of likely N-dealkylation sites (tertiary alicyclic amines) is 1. The summed E-state index contributed by atoms with van der Waals surface area (Å²) in [6.07, 6.45) is 0.869. The van der Waals surface area contributed by atoms with Crippen LogP contribution in [0, 0.1) is 0 Å². The number of nitrogens with zero attached hydrogens (tertiary/aromatic N) is 1. The third kappa shape index (κ3) is 6.10. The zero-order valence-electron chi connectivity index (χ0n) is 16.9. The maximum absolute atomic E-state index is 12.6. The maximum Gasteiger partial charge on any atom is 0.319 e. The topological polar surface area (TPSA) is 62.8 Å². The van der Waals surface area contributed by atoms with Crippen molar-refractivity contribution in [3.05, 3.63) is 59.1 Å². The Hall–Kier alpha value is -2.28. The molecule has 1 saturated heterocycles. The monoisotopic (exact) mass is 417 g/mol. The predicted molar refractivity (Wildman–Crippen MR) is 116 cm³/mol. The number of urea groups is 1. The summed E-state index contributed by atoms with van der Waals surface area (Å²) in [5.41, 5.74) is 1.90. The molecule has 0 radical (unpaired) electrons. The van der Waals surface area contributed by atoms with Crippen LogP contribution in [0.1, 0.15) is 17.9 Å². The lowest BCUT2D eigenvalue weighted by atomic mass is 9.86. The van der Waals surface area contributed by atoms with Gasteiger partial charge in [-0.05, 0) is 48.4 Å². The highest BCUT2D eigenvalue weighted by Crippen LogP contribution is 2.29. The molecule has 2 amide bonds. The summed E-state index contributed by atoms with van der Waals surface area (Å²) in [6.45, 7) is 3.36. The molecule has 3 rings (SSSR count). The quantitative estimate of drug-likeness (QED) is 0.715. The molecule has 2 unspecified atom stereocenters. The van der Waals surface area contributed by atoms with E-state index >= 15 is 0 Å². The number of rotatable bonds is 7. The average Bonchev–Trinajstić information content (AvgIpc) is 2.74. The summed E-state index contributed by atoms with van der Waals surface area (Å²) in [5.74, 6) is 1.01. The molecule has 2 N–H and O–H groups in total. The lowest BCUT2D eigenvalue weighted by Gasteiger charge is -2.39. The van der Waals surface area contributed by atoms with E-state index in [4.69, 9.17) is 21.1 Å². The second kappa shape index (κ2) is 10.5. The van der Waals surface area contributed by atoms with Crippen LogP contribution in [0.3, 0.4) is 0 Å². The van der Waals surface area contributed by atoms with E-state index in [1.807, 2.05) is 12.1 Å². The molecule has 7 heteroatoms. The molecule has 1 aliphatic rings. The van der Waals surface area contributed by atoms with Gasteiger partial charge in [0.15, 0.2) is 0 Å². The second-order valence-electron chi connectivity index (χ2n) is 7.17. The number of methoxy groups -OCH3 is 2. The minimum Gasteiger partial charge on any atom is -0.497 e. The number of hydrogen-bond acceptors (Lipinski definition) is 4. The van der Waals surface area contributed by atoms with Crippen LogP contribution in [0.4, 0.5) is 10.5 Å². The normalized spacial score (nSPS) is 19.6. The van der Waals surface area contributed by atoms with E-state index in [0.29, 0.717) is 17.3 Å². The summed E-state index contributed by atoms with van der Waals surface area (Å²) in [7, 11) is 3.38. The van der Waals surface area contributed by atoms with Crippen LogP contribution in [-0.4, -0.2) is 57.4 Å². The lowest BCUT2D eigenvalue weighted by molar-refractivity contribution is 0.117. The van der Waals surface area contributed by atoms with Gasteiger partial charge in [-0.2, -0.15) is 0 Å². The molecule has 1 aliphatic heterocycles. The highest BCUT2D eigenvalue weighted by molar-refractivity contribution is 6.30. The van der Waals surface area contributed by atoms with Crippen LogP contribution in [0.5, 0.6) is 5.75 Å². The van der Waals surface area contributed by atoms with Crippen LogP contribution in [-0.2, 0) is 4.74 Å². The van der Waals surface area contributed by atoms with E-state index in [0.717, 1.165) is 31.8 Å². The zero-order valence-corrected chi connectivity index (χ0v) is 17.6. The fourth-order valence-corrected chi connectivity index (χ4v) is 3.80. The molecule has 2 aromatic carbocycles. The third-order valence-electron chi connectivity index (χ3n) is 5.27. The molecule has 0 bridgehead atoms. The van der Waals surface area contributed by atoms with Crippen LogP contribution >= 0.6 is 11.6 Å². The summed E-state index contributed by atoms with van der Waals surface area (Å²) >= 11 is 5.91. The van der Waals surface area contributed by atoms with Crippen molar-refractivity contribution in [1.82, 2.24) is 10.2 Å². The molecule has 0 saturated carbocycles. The fourth-order valence-electron chi connectivity index (χ4n) is 3.67. The average molecular weight is 418 g/mol. The van der Waals surface area contributed by atoms with E-state index in [2.05, 4.69) is 27.7 Å². The Labute approximate surface area is 177 Å². The third-order valence-corrected chi connectivity index (χ3v) is 5.52. The van der Waals surface area contributed by atoms with Gasteiger partial charge in [0.1, 0.15) is 5.75 Å². The van der Waals surface area contributed by atoms with Gasteiger partial charge in [-0.15, -0.1) is 0 Å². The van der Waals surface area contributed by atoms with Crippen molar-refractivity contribution in [2.24, 2.45) is 0 Å². The minimum atomic E-state index is -0.207. The van der Waals surface area contributed by atoms with Gasteiger partial charge in [-0.1, -0.05) is 23.7 Å². The van der Waals surface area contributed by atoms with Crippen molar-refractivity contribution in [3.63, 3.8) is 0 Å². The Morgan fingerprint density at radius 2 is 1.86 bits per heavy atom. The van der Waals surface area contributed by atoms with E-state index in [-0.39, 0.29) is 18.0 Å². The van der Waals surface area contributed by atoms with Gasteiger partial charge in [0, 0.05) is 49.4 Å². The Morgan fingerprint density at radius 1 is 1.14 bits per heavy atom. The summed E-state index contributed by atoms with van der Waals surface area (Å²) in [4.78, 5) is 15.0. The first-order chi connectivity index (χ1) is 14.1. The van der Waals surface area contributed by atoms with Gasteiger partial charge in [0.25, 0.3) is 0 Å². The van der Waals surface area contributed by atoms with Crippen molar-refractivity contribution >= 4 is 23.3 Å². The van der Waals surface area contributed by atoms with E-state index in [1.54, 1.807) is 38.5 Å².